The summed E-state index contributed by atoms with van der Waals surface area (Å²) in [5, 5.41) is 12.1. The van der Waals surface area contributed by atoms with E-state index in [0.717, 1.165) is 24.3 Å². The van der Waals surface area contributed by atoms with Crippen LogP contribution in [0.25, 0.3) is 0 Å². The molecule has 0 radical (unpaired) electrons. The fourth-order valence-electron chi connectivity index (χ4n) is 2.07. The van der Waals surface area contributed by atoms with E-state index in [0.29, 0.717) is 5.75 Å². The van der Waals surface area contributed by atoms with Crippen LogP contribution < -0.4 is 10.1 Å². The van der Waals surface area contributed by atoms with Gasteiger partial charge in [0.2, 0.25) is 0 Å². The molecule has 0 aliphatic heterocycles. The van der Waals surface area contributed by atoms with Crippen LogP contribution in [0.5, 0.6) is 11.5 Å². The second-order valence-corrected chi connectivity index (χ2v) is 5.49. The molecule has 2 rings (SSSR count). The molecular weight excluding hydrogens is 367 g/mol. The van der Waals surface area contributed by atoms with Crippen molar-refractivity contribution in [2.45, 2.75) is 19.2 Å². The molecule has 0 fully saturated rings. The van der Waals surface area contributed by atoms with E-state index in [-0.39, 0.29) is 17.0 Å². The van der Waals surface area contributed by atoms with Crippen molar-refractivity contribution in [1.82, 2.24) is 0 Å². The average molecular weight is 383 g/mol. The van der Waals surface area contributed by atoms with Crippen LogP contribution in [0.1, 0.15) is 22.8 Å². The number of hydrogen-bond acceptors (Lipinski definition) is 5. The van der Waals surface area contributed by atoms with Crippen LogP contribution in [0.2, 0.25) is 0 Å². The molecule has 0 aromatic heterocycles. The molecule has 1 atom stereocenters. The number of esters is 1. The highest BCUT2D eigenvalue weighted by atomic mass is 19.4. The molecule has 9 heteroatoms. The molecule has 0 unspecified atom stereocenters. The zero-order valence-electron chi connectivity index (χ0n) is 14.3. The summed E-state index contributed by atoms with van der Waals surface area (Å²) >= 11 is 0. The fraction of sp³-hybridized carbons (Fsp3) is 0.222. The van der Waals surface area contributed by atoms with Crippen molar-refractivity contribution in [3.05, 3.63) is 53.6 Å². The number of phenols is 1. The lowest BCUT2D eigenvalue weighted by Crippen LogP contribution is -2.30. The minimum Gasteiger partial charge on any atom is -0.507 e. The van der Waals surface area contributed by atoms with Crippen LogP contribution in [0, 0.1) is 0 Å². The number of hydrogen-bond donors (Lipinski definition) is 2. The van der Waals surface area contributed by atoms with Gasteiger partial charge in [-0.05, 0) is 49.4 Å². The standard InChI is InChI=1S/C18H16F3NO5/c1-10(27-17(25)14-9-13(26-2)7-8-15(14)23)16(24)22-12-5-3-11(4-6-12)18(19,20)21/h3-10,23H,1-2H3,(H,22,24)/t10-/m1/s1. The van der Waals surface area contributed by atoms with Crippen LogP contribution in [-0.2, 0) is 15.7 Å². The third-order valence-corrected chi connectivity index (χ3v) is 3.56. The van der Waals surface area contributed by atoms with Crippen molar-refractivity contribution in [3.8, 4) is 11.5 Å². The van der Waals surface area contributed by atoms with E-state index in [1.807, 2.05) is 0 Å². The van der Waals surface area contributed by atoms with Crippen LogP contribution in [0.3, 0.4) is 0 Å². The van der Waals surface area contributed by atoms with E-state index in [9.17, 15) is 27.9 Å². The summed E-state index contributed by atoms with van der Waals surface area (Å²) < 4.78 is 47.5. The summed E-state index contributed by atoms with van der Waals surface area (Å²) in [6.45, 7) is 1.29. The van der Waals surface area contributed by atoms with E-state index < -0.39 is 29.7 Å². The zero-order valence-corrected chi connectivity index (χ0v) is 14.3. The third-order valence-electron chi connectivity index (χ3n) is 3.56. The smallest absolute Gasteiger partial charge is 0.416 e. The van der Waals surface area contributed by atoms with E-state index in [2.05, 4.69) is 5.32 Å². The van der Waals surface area contributed by atoms with Gasteiger partial charge in [-0.25, -0.2) is 4.79 Å². The summed E-state index contributed by atoms with van der Waals surface area (Å²) in [7, 11) is 1.38. The Bertz CT molecular complexity index is 834. The normalized spacial score (nSPS) is 12.2. The van der Waals surface area contributed by atoms with Gasteiger partial charge >= 0.3 is 12.1 Å². The maximum Gasteiger partial charge on any atom is 0.416 e. The van der Waals surface area contributed by atoms with E-state index in [1.165, 1.54) is 32.2 Å². The SMILES string of the molecule is COc1ccc(O)c(C(=O)O[C@H](C)C(=O)Nc2ccc(C(F)(F)F)cc2)c1. The van der Waals surface area contributed by atoms with Crippen molar-refractivity contribution in [2.24, 2.45) is 0 Å². The summed E-state index contributed by atoms with van der Waals surface area (Å²) in [6.07, 6.45) is -5.74. The molecule has 0 aliphatic rings. The lowest BCUT2D eigenvalue weighted by Gasteiger charge is -2.15. The Morgan fingerprint density at radius 2 is 1.74 bits per heavy atom. The first-order valence-electron chi connectivity index (χ1n) is 7.68. The number of methoxy groups -OCH3 is 1. The van der Waals surface area contributed by atoms with E-state index in [4.69, 9.17) is 9.47 Å². The van der Waals surface area contributed by atoms with Crippen molar-refractivity contribution >= 4 is 17.6 Å². The number of amides is 1. The lowest BCUT2D eigenvalue weighted by molar-refractivity contribution is -0.137. The average Bonchev–Trinajstić information content (AvgIpc) is 2.61. The summed E-state index contributed by atoms with van der Waals surface area (Å²) in [5.74, 6) is -1.75. The predicted octanol–water partition coefficient (Wildman–Crippen LogP) is 3.60. The Morgan fingerprint density at radius 1 is 1.11 bits per heavy atom. The number of alkyl halides is 3. The number of benzene rings is 2. The molecular formula is C18H16F3NO5. The van der Waals surface area contributed by atoms with Gasteiger partial charge in [0.25, 0.3) is 5.91 Å². The molecule has 6 nitrogen and oxygen atoms in total. The Kier molecular flexibility index (Phi) is 5.94. The van der Waals surface area contributed by atoms with Crippen LogP contribution in [0.4, 0.5) is 18.9 Å². The van der Waals surface area contributed by atoms with E-state index >= 15 is 0 Å². The monoisotopic (exact) mass is 383 g/mol. The fourth-order valence-corrected chi connectivity index (χ4v) is 2.07. The summed E-state index contributed by atoms with van der Waals surface area (Å²) in [6, 6.07) is 7.74. The minimum atomic E-state index is -4.48. The Hall–Kier alpha value is -3.23. The number of aromatic hydroxyl groups is 1. The van der Waals surface area contributed by atoms with Gasteiger partial charge in [0.1, 0.15) is 17.1 Å². The first kappa shape index (κ1) is 20.1. The summed E-state index contributed by atoms with van der Waals surface area (Å²) in [4.78, 5) is 24.2. The molecule has 2 aromatic carbocycles. The number of anilines is 1. The highest BCUT2D eigenvalue weighted by Gasteiger charge is 2.30. The van der Waals surface area contributed by atoms with Gasteiger partial charge in [-0.15, -0.1) is 0 Å². The lowest BCUT2D eigenvalue weighted by atomic mass is 10.2. The molecule has 144 valence electrons. The number of rotatable bonds is 5. The second-order valence-electron chi connectivity index (χ2n) is 5.49. The van der Waals surface area contributed by atoms with Crippen molar-refractivity contribution < 1.29 is 37.3 Å². The molecule has 0 saturated carbocycles. The first-order chi connectivity index (χ1) is 12.6. The van der Waals surface area contributed by atoms with Gasteiger partial charge in [-0.2, -0.15) is 13.2 Å². The molecule has 0 heterocycles. The molecule has 0 bridgehead atoms. The van der Waals surface area contributed by atoms with Crippen molar-refractivity contribution in [2.75, 3.05) is 12.4 Å². The Labute approximate surface area is 152 Å². The largest absolute Gasteiger partial charge is 0.507 e. The minimum absolute atomic E-state index is 0.111. The second kappa shape index (κ2) is 7.98. The molecule has 2 N–H and O–H groups in total. The van der Waals surface area contributed by atoms with Crippen LogP contribution in [0.15, 0.2) is 42.5 Å². The van der Waals surface area contributed by atoms with Crippen LogP contribution in [-0.4, -0.2) is 30.2 Å². The highest BCUT2D eigenvalue weighted by molar-refractivity contribution is 5.98. The highest BCUT2D eigenvalue weighted by Crippen LogP contribution is 2.30. The topological polar surface area (TPSA) is 84.9 Å². The maximum atomic E-state index is 12.5. The predicted molar refractivity (Wildman–Crippen MR) is 89.6 cm³/mol. The third kappa shape index (κ3) is 5.13. The molecule has 0 saturated heterocycles. The number of carbonyl (C=O) groups excluding carboxylic acids is 2. The number of nitrogens with one attached hydrogen (secondary N) is 1. The van der Waals surface area contributed by atoms with Gasteiger partial charge < -0.3 is 19.9 Å². The van der Waals surface area contributed by atoms with Gasteiger partial charge in [0.15, 0.2) is 6.10 Å². The van der Waals surface area contributed by atoms with Gasteiger partial charge in [-0.1, -0.05) is 0 Å². The van der Waals surface area contributed by atoms with Gasteiger partial charge in [0.05, 0.1) is 12.7 Å². The first-order valence-corrected chi connectivity index (χ1v) is 7.68. The molecule has 27 heavy (non-hydrogen) atoms. The molecule has 2 aromatic rings. The molecule has 0 spiro atoms. The Morgan fingerprint density at radius 3 is 2.30 bits per heavy atom. The van der Waals surface area contributed by atoms with Crippen molar-refractivity contribution in [3.63, 3.8) is 0 Å². The maximum absolute atomic E-state index is 12.5. The molecule has 0 aliphatic carbocycles. The van der Waals surface area contributed by atoms with Crippen molar-refractivity contribution in [1.29, 1.82) is 0 Å². The zero-order chi connectivity index (χ0) is 20.2. The number of ether oxygens (including phenoxy) is 2. The Balaban J connectivity index is 2.02. The summed E-state index contributed by atoms with van der Waals surface area (Å²) in [5.41, 5.74) is -0.933. The number of phenolic OH excluding ortho intramolecular Hbond substituents is 1. The quantitative estimate of drug-likeness (QED) is 0.771. The van der Waals surface area contributed by atoms with Gasteiger partial charge in [0, 0.05) is 5.69 Å². The molecule has 1 amide bonds. The van der Waals surface area contributed by atoms with E-state index in [1.54, 1.807) is 0 Å². The van der Waals surface area contributed by atoms with Gasteiger partial charge in [-0.3, -0.25) is 4.79 Å². The number of carbonyl (C=O) groups is 2. The van der Waals surface area contributed by atoms with Crippen LogP contribution >= 0.6 is 0 Å². The number of halogens is 3.